The van der Waals surface area contributed by atoms with Crippen molar-refractivity contribution in [3.05, 3.63) is 53.6 Å². The van der Waals surface area contributed by atoms with Crippen LogP contribution in [0.25, 0.3) is 0 Å². The van der Waals surface area contributed by atoms with E-state index >= 15 is 0 Å². The van der Waals surface area contributed by atoms with Crippen LogP contribution in [0.1, 0.15) is 67.4 Å². The lowest BCUT2D eigenvalue weighted by molar-refractivity contribution is -0.117. The Bertz CT molecular complexity index is 945. The minimum absolute atomic E-state index is 0.0807. The highest BCUT2D eigenvalue weighted by atomic mass is 16.5. The van der Waals surface area contributed by atoms with Crippen LogP contribution in [-0.2, 0) is 4.79 Å². The molecular weight excluding hydrogens is 402 g/mol. The highest BCUT2D eigenvalue weighted by molar-refractivity contribution is 6.02. The average Bonchev–Trinajstić information content (AvgIpc) is 3.66. The van der Waals surface area contributed by atoms with Gasteiger partial charge in [0, 0.05) is 24.7 Å². The maximum atomic E-state index is 13.3. The normalized spacial score (nSPS) is 17.2. The second kappa shape index (κ2) is 10.1. The number of nitrogens with zero attached hydrogens (tertiary/aromatic N) is 1. The van der Waals surface area contributed by atoms with E-state index in [1.165, 1.54) is 12.8 Å². The molecule has 2 aromatic carbocycles. The molecule has 2 fully saturated rings. The van der Waals surface area contributed by atoms with Crippen molar-refractivity contribution in [1.29, 1.82) is 0 Å². The van der Waals surface area contributed by atoms with Crippen molar-refractivity contribution in [2.45, 2.75) is 51.5 Å². The van der Waals surface area contributed by atoms with Crippen LogP contribution in [0.2, 0.25) is 0 Å². The van der Waals surface area contributed by atoms with E-state index in [4.69, 9.17) is 4.74 Å². The van der Waals surface area contributed by atoms with Crippen LogP contribution in [0.5, 0.6) is 5.75 Å². The number of rotatable bonds is 7. The summed E-state index contributed by atoms with van der Waals surface area (Å²) in [6, 6.07) is 13.3. The Labute approximate surface area is 190 Å². The predicted octanol–water partition coefficient (Wildman–Crippen LogP) is 4.92. The fraction of sp³-hybridized carbons (Fsp3) is 0.462. The molecule has 0 aromatic heterocycles. The highest BCUT2D eigenvalue weighted by Crippen LogP contribution is 2.32. The number of carbonyl (C=O) groups excluding carboxylic acids is 2. The molecule has 1 heterocycles. The van der Waals surface area contributed by atoms with Gasteiger partial charge in [-0.1, -0.05) is 25.0 Å². The number of benzene rings is 2. The smallest absolute Gasteiger partial charge is 0.253 e. The highest BCUT2D eigenvalue weighted by Gasteiger charge is 2.30. The topological polar surface area (TPSA) is 70.7 Å². The molecular formula is C26H33N3O3. The van der Waals surface area contributed by atoms with Gasteiger partial charge in [0.2, 0.25) is 5.91 Å². The number of carbonyl (C=O) groups is 2. The van der Waals surface area contributed by atoms with Crippen LogP contribution >= 0.6 is 0 Å². The average molecular weight is 436 g/mol. The van der Waals surface area contributed by atoms with Gasteiger partial charge in [0.1, 0.15) is 5.75 Å². The number of methoxy groups -OCH3 is 1. The summed E-state index contributed by atoms with van der Waals surface area (Å²) >= 11 is 0. The number of hydrogen-bond donors (Lipinski definition) is 2. The Kier molecular flexibility index (Phi) is 6.98. The number of nitrogens with one attached hydrogen (secondary N) is 2. The molecule has 2 N–H and O–H groups in total. The predicted molar refractivity (Wildman–Crippen MR) is 127 cm³/mol. The molecule has 1 aliphatic carbocycles. The second-order valence-electron chi connectivity index (χ2n) is 8.87. The van der Waals surface area contributed by atoms with Gasteiger partial charge in [0.05, 0.1) is 24.4 Å². The van der Waals surface area contributed by atoms with E-state index in [0.29, 0.717) is 5.56 Å². The van der Waals surface area contributed by atoms with Gasteiger partial charge in [0.15, 0.2) is 0 Å². The van der Waals surface area contributed by atoms with Crippen LogP contribution in [-0.4, -0.2) is 32.0 Å². The van der Waals surface area contributed by atoms with Crippen LogP contribution in [0, 0.1) is 5.92 Å². The van der Waals surface area contributed by atoms with Gasteiger partial charge in [-0.3, -0.25) is 9.59 Å². The molecule has 0 spiro atoms. The SMILES string of the molecule is COc1ccc([C@H](C)NC(=O)c2ccc(NC(=O)C3CC3)cc2N2CCCCCC2)cc1. The van der Waals surface area contributed by atoms with E-state index in [9.17, 15) is 9.59 Å². The zero-order valence-corrected chi connectivity index (χ0v) is 19.0. The zero-order chi connectivity index (χ0) is 22.5. The summed E-state index contributed by atoms with van der Waals surface area (Å²) in [6.07, 6.45) is 6.59. The molecule has 170 valence electrons. The van der Waals surface area contributed by atoms with Gasteiger partial charge < -0.3 is 20.3 Å². The molecule has 2 aliphatic rings. The molecule has 0 radical (unpaired) electrons. The Balaban J connectivity index is 1.55. The van der Waals surface area contributed by atoms with Crippen molar-refractivity contribution in [2.24, 2.45) is 5.92 Å². The summed E-state index contributed by atoms with van der Waals surface area (Å²) in [5, 5.41) is 6.17. The standard InChI is InChI=1S/C26H33N3O3/c1-18(19-9-12-22(32-2)13-10-19)27-26(31)23-14-11-21(28-25(30)20-7-8-20)17-24(23)29-15-5-3-4-6-16-29/h9-14,17-18,20H,3-8,15-16H2,1-2H3,(H,27,31)(H,28,30)/t18-/m0/s1. The Morgan fingerprint density at radius 3 is 2.31 bits per heavy atom. The van der Waals surface area contributed by atoms with Gasteiger partial charge in [-0.15, -0.1) is 0 Å². The van der Waals surface area contributed by atoms with Crippen LogP contribution in [0.15, 0.2) is 42.5 Å². The zero-order valence-electron chi connectivity index (χ0n) is 19.0. The van der Waals surface area contributed by atoms with E-state index in [0.717, 1.165) is 61.5 Å². The molecule has 4 rings (SSSR count). The second-order valence-corrected chi connectivity index (χ2v) is 8.87. The summed E-state index contributed by atoms with van der Waals surface area (Å²) in [6.45, 7) is 3.83. The maximum Gasteiger partial charge on any atom is 0.253 e. The Hall–Kier alpha value is -3.02. The van der Waals surface area contributed by atoms with Crippen LogP contribution in [0.4, 0.5) is 11.4 Å². The molecule has 1 aliphatic heterocycles. The van der Waals surface area contributed by atoms with Crippen LogP contribution < -0.4 is 20.3 Å². The van der Waals surface area contributed by atoms with E-state index in [1.54, 1.807) is 7.11 Å². The first-order valence-electron chi connectivity index (χ1n) is 11.7. The van der Waals surface area contributed by atoms with E-state index < -0.39 is 0 Å². The molecule has 2 aromatic rings. The molecule has 1 saturated heterocycles. The molecule has 2 amide bonds. The van der Waals surface area contributed by atoms with Crippen molar-refractivity contribution >= 4 is 23.2 Å². The van der Waals surface area contributed by atoms with Gasteiger partial charge in [-0.25, -0.2) is 0 Å². The third-order valence-electron chi connectivity index (χ3n) is 6.37. The van der Waals surface area contributed by atoms with Crippen LogP contribution in [0.3, 0.4) is 0 Å². The van der Waals surface area contributed by atoms with E-state index in [-0.39, 0.29) is 23.8 Å². The van der Waals surface area contributed by atoms with Crippen molar-refractivity contribution in [3.63, 3.8) is 0 Å². The first kappa shape index (κ1) is 22.2. The molecule has 0 bridgehead atoms. The maximum absolute atomic E-state index is 13.3. The first-order valence-corrected chi connectivity index (χ1v) is 11.7. The summed E-state index contributed by atoms with van der Waals surface area (Å²) < 4.78 is 5.23. The molecule has 32 heavy (non-hydrogen) atoms. The lowest BCUT2D eigenvalue weighted by atomic mass is 10.1. The lowest BCUT2D eigenvalue weighted by Crippen LogP contribution is -2.31. The molecule has 6 nitrogen and oxygen atoms in total. The molecule has 1 atom stereocenters. The summed E-state index contributed by atoms with van der Waals surface area (Å²) in [5.41, 5.74) is 3.33. The third-order valence-corrected chi connectivity index (χ3v) is 6.37. The van der Waals surface area contributed by atoms with E-state index in [2.05, 4.69) is 15.5 Å². The van der Waals surface area contributed by atoms with Crippen molar-refractivity contribution < 1.29 is 14.3 Å². The van der Waals surface area contributed by atoms with E-state index in [1.807, 2.05) is 49.4 Å². The minimum Gasteiger partial charge on any atom is -0.497 e. The Morgan fingerprint density at radius 1 is 1.00 bits per heavy atom. The van der Waals surface area contributed by atoms with Crippen molar-refractivity contribution in [1.82, 2.24) is 5.32 Å². The lowest BCUT2D eigenvalue weighted by Gasteiger charge is -2.26. The van der Waals surface area contributed by atoms with Crippen molar-refractivity contribution in [3.8, 4) is 5.75 Å². The number of anilines is 2. The van der Waals surface area contributed by atoms with Gasteiger partial charge >= 0.3 is 0 Å². The first-order chi connectivity index (χ1) is 15.5. The monoisotopic (exact) mass is 435 g/mol. The summed E-state index contributed by atoms with van der Waals surface area (Å²) in [5.74, 6) is 0.911. The summed E-state index contributed by atoms with van der Waals surface area (Å²) in [7, 11) is 1.64. The molecule has 1 saturated carbocycles. The number of hydrogen-bond acceptors (Lipinski definition) is 4. The quantitative estimate of drug-likeness (QED) is 0.648. The largest absolute Gasteiger partial charge is 0.497 e. The third kappa shape index (κ3) is 5.42. The fourth-order valence-corrected chi connectivity index (χ4v) is 4.21. The number of amides is 2. The Morgan fingerprint density at radius 2 is 1.69 bits per heavy atom. The molecule has 6 heteroatoms. The summed E-state index contributed by atoms with van der Waals surface area (Å²) in [4.78, 5) is 27.9. The minimum atomic E-state index is -0.139. The molecule has 0 unspecified atom stereocenters. The van der Waals surface area contributed by atoms with Gasteiger partial charge in [0.25, 0.3) is 5.91 Å². The van der Waals surface area contributed by atoms with Gasteiger partial charge in [-0.2, -0.15) is 0 Å². The number of ether oxygens (including phenoxy) is 1. The van der Waals surface area contributed by atoms with Crippen molar-refractivity contribution in [2.75, 3.05) is 30.4 Å². The fourth-order valence-electron chi connectivity index (χ4n) is 4.21. The van der Waals surface area contributed by atoms with Gasteiger partial charge in [-0.05, 0) is 68.5 Å².